The maximum atomic E-state index is 11.5. The van der Waals surface area contributed by atoms with Crippen molar-refractivity contribution in [2.24, 2.45) is 5.92 Å². The molecule has 2 N–H and O–H groups in total. The topological polar surface area (TPSA) is 91.2 Å². The van der Waals surface area contributed by atoms with Crippen LogP contribution >= 0.6 is 0 Å². The summed E-state index contributed by atoms with van der Waals surface area (Å²) >= 11 is 0. The maximum absolute atomic E-state index is 11.5. The van der Waals surface area contributed by atoms with E-state index in [0.29, 0.717) is 19.4 Å². The molecule has 0 bridgehead atoms. The van der Waals surface area contributed by atoms with Gasteiger partial charge in [-0.1, -0.05) is 0 Å². The van der Waals surface area contributed by atoms with E-state index in [4.69, 9.17) is 10.00 Å². The lowest BCUT2D eigenvalue weighted by Gasteiger charge is -2.21. The predicted octanol–water partition coefficient (Wildman–Crippen LogP) is 0.929. The first-order valence-corrected chi connectivity index (χ1v) is 5.98. The molecule has 1 aliphatic rings. The lowest BCUT2D eigenvalue weighted by molar-refractivity contribution is -0.122. The van der Waals surface area contributed by atoms with Crippen molar-refractivity contribution >= 4 is 12.0 Å². The molecule has 1 fully saturated rings. The van der Waals surface area contributed by atoms with E-state index in [1.165, 1.54) is 0 Å². The molecule has 2 atom stereocenters. The highest BCUT2D eigenvalue weighted by Gasteiger charge is 2.28. The van der Waals surface area contributed by atoms with Gasteiger partial charge in [0.15, 0.2) is 0 Å². The number of rotatable bonds is 3. The number of nitriles is 1. The number of hydrogen-bond acceptors (Lipinski definition) is 4. The molecule has 18 heavy (non-hydrogen) atoms. The summed E-state index contributed by atoms with van der Waals surface area (Å²) in [5, 5.41) is 14.1. The molecule has 6 nitrogen and oxygen atoms in total. The zero-order valence-corrected chi connectivity index (χ0v) is 10.9. The molecule has 1 saturated heterocycles. The van der Waals surface area contributed by atoms with Crippen LogP contribution < -0.4 is 10.6 Å². The second-order valence-corrected chi connectivity index (χ2v) is 5.34. The van der Waals surface area contributed by atoms with Crippen LogP contribution in [-0.4, -0.2) is 30.2 Å². The lowest BCUT2D eigenvalue weighted by Crippen LogP contribution is -2.40. The smallest absolute Gasteiger partial charge is 0.408 e. The fraction of sp³-hybridized carbons (Fsp3) is 0.750. The molecule has 0 aliphatic carbocycles. The van der Waals surface area contributed by atoms with Crippen LogP contribution in [0, 0.1) is 17.2 Å². The van der Waals surface area contributed by atoms with Crippen molar-refractivity contribution in [2.45, 2.75) is 45.3 Å². The van der Waals surface area contributed by atoms with E-state index in [2.05, 4.69) is 10.6 Å². The normalized spacial score (nSPS) is 20.8. The largest absolute Gasteiger partial charge is 0.444 e. The summed E-state index contributed by atoms with van der Waals surface area (Å²) in [7, 11) is 0. The van der Waals surface area contributed by atoms with Crippen molar-refractivity contribution in [1.29, 1.82) is 5.26 Å². The van der Waals surface area contributed by atoms with Gasteiger partial charge in [-0.2, -0.15) is 5.26 Å². The van der Waals surface area contributed by atoms with Crippen molar-refractivity contribution in [3.05, 3.63) is 0 Å². The first-order valence-electron chi connectivity index (χ1n) is 5.98. The van der Waals surface area contributed by atoms with E-state index in [1.807, 2.05) is 6.07 Å². The maximum Gasteiger partial charge on any atom is 0.408 e. The Hall–Kier alpha value is -1.77. The summed E-state index contributed by atoms with van der Waals surface area (Å²) in [4.78, 5) is 22.9. The average Bonchev–Trinajstić information content (AvgIpc) is 2.60. The Labute approximate surface area is 107 Å². The highest BCUT2D eigenvalue weighted by atomic mass is 16.6. The summed E-state index contributed by atoms with van der Waals surface area (Å²) in [5.41, 5.74) is -0.602. The molecule has 1 heterocycles. The summed E-state index contributed by atoms with van der Waals surface area (Å²) in [6, 6.07) is 1.27. The Bertz CT molecular complexity index is 368. The van der Waals surface area contributed by atoms with Crippen LogP contribution in [0.25, 0.3) is 0 Å². The highest BCUT2D eigenvalue weighted by Crippen LogP contribution is 2.16. The van der Waals surface area contributed by atoms with Gasteiger partial charge >= 0.3 is 6.09 Å². The number of alkyl carbamates (subject to hydrolysis) is 1. The van der Waals surface area contributed by atoms with E-state index in [-0.39, 0.29) is 11.8 Å². The van der Waals surface area contributed by atoms with Gasteiger partial charge in [-0.25, -0.2) is 4.79 Å². The number of hydrogen-bond donors (Lipinski definition) is 2. The van der Waals surface area contributed by atoms with Gasteiger partial charge in [0, 0.05) is 12.5 Å². The Morgan fingerprint density at radius 2 is 2.33 bits per heavy atom. The van der Waals surface area contributed by atoms with Crippen molar-refractivity contribution in [1.82, 2.24) is 10.6 Å². The van der Waals surface area contributed by atoms with Crippen molar-refractivity contribution in [3.63, 3.8) is 0 Å². The fourth-order valence-corrected chi connectivity index (χ4v) is 1.75. The monoisotopic (exact) mass is 253 g/mol. The van der Waals surface area contributed by atoms with Crippen molar-refractivity contribution < 1.29 is 14.3 Å². The van der Waals surface area contributed by atoms with Gasteiger partial charge in [0.25, 0.3) is 0 Å². The number of amides is 2. The molecule has 0 spiro atoms. The minimum atomic E-state index is -0.700. The third kappa shape index (κ3) is 4.62. The Kier molecular flexibility index (Phi) is 4.54. The van der Waals surface area contributed by atoms with E-state index >= 15 is 0 Å². The van der Waals surface area contributed by atoms with Gasteiger partial charge < -0.3 is 15.4 Å². The summed E-state index contributed by atoms with van der Waals surface area (Å²) in [6.45, 7) is 5.88. The molecular weight excluding hydrogens is 234 g/mol. The minimum Gasteiger partial charge on any atom is -0.444 e. The molecule has 0 unspecified atom stereocenters. The number of ether oxygens (including phenoxy) is 1. The first-order chi connectivity index (χ1) is 8.31. The number of carbonyl (C=O) groups is 2. The molecule has 2 amide bonds. The van der Waals surface area contributed by atoms with Crippen LogP contribution in [0.4, 0.5) is 4.79 Å². The molecule has 0 aromatic rings. The van der Waals surface area contributed by atoms with Gasteiger partial charge in [-0.05, 0) is 33.6 Å². The third-order valence-electron chi connectivity index (χ3n) is 2.53. The van der Waals surface area contributed by atoms with Crippen LogP contribution in [0.3, 0.4) is 0 Å². The molecule has 1 aliphatic heterocycles. The Morgan fingerprint density at radius 3 is 2.78 bits per heavy atom. The SMILES string of the molecule is CC(C)(C)OC(=O)N[C@@H](C#N)C[C@H]1CCNC1=O. The highest BCUT2D eigenvalue weighted by molar-refractivity contribution is 5.80. The molecule has 0 saturated carbocycles. The number of nitrogens with one attached hydrogen (secondary N) is 2. The standard InChI is InChI=1S/C12H19N3O3/c1-12(2,3)18-11(17)15-9(7-13)6-8-4-5-14-10(8)16/h8-9H,4-6H2,1-3H3,(H,14,16)(H,15,17)/t8-,9-/m1/s1. The van der Waals surface area contributed by atoms with Crippen LogP contribution in [0.5, 0.6) is 0 Å². The molecule has 0 radical (unpaired) electrons. The first kappa shape index (κ1) is 14.3. The van der Waals surface area contributed by atoms with Gasteiger partial charge in [0.2, 0.25) is 5.91 Å². The number of nitrogens with zero attached hydrogens (tertiary/aromatic N) is 1. The van der Waals surface area contributed by atoms with Crippen LogP contribution in [0.15, 0.2) is 0 Å². The zero-order chi connectivity index (χ0) is 13.8. The molecular formula is C12H19N3O3. The number of carbonyl (C=O) groups excluding carboxylic acids is 2. The zero-order valence-electron chi connectivity index (χ0n) is 10.9. The Balaban J connectivity index is 2.45. The van der Waals surface area contributed by atoms with E-state index in [0.717, 1.165) is 0 Å². The predicted molar refractivity (Wildman–Crippen MR) is 64.5 cm³/mol. The van der Waals surface area contributed by atoms with Crippen LogP contribution in [0.1, 0.15) is 33.6 Å². The van der Waals surface area contributed by atoms with Crippen LogP contribution in [-0.2, 0) is 9.53 Å². The van der Waals surface area contributed by atoms with Gasteiger partial charge in [0.05, 0.1) is 6.07 Å². The second kappa shape index (κ2) is 5.71. The molecule has 0 aromatic heterocycles. The second-order valence-electron chi connectivity index (χ2n) is 5.34. The summed E-state index contributed by atoms with van der Waals surface area (Å²) in [5.74, 6) is -0.258. The van der Waals surface area contributed by atoms with E-state index < -0.39 is 17.7 Å². The van der Waals surface area contributed by atoms with E-state index in [1.54, 1.807) is 20.8 Å². The average molecular weight is 253 g/mol. The fourth-order valence-electron chi connectivity index (χ4n) is 1.75. The van der Waals surface area contributed by atoms with Gasteiger partial charge in [-0.15, -0.1) is 0 Å². The molecule has 1 rings (SSSR count). The van der Waals surface area contributed by atoms with Gasteiger partial charge in [-0.3, -0.25) is 4.79 Å². The quantitative estimate of drug-likeness (QED) is 0.782. The molecule has 100 valence electrons. The molecule has 0 aromatic carbocycles. The third-order valence-corrected chi connectivity index (χ3v) is 2.53. The summed E-state index contributed by atoms with van der Waals surface area (Å²) in [6.07, 6.45) is 0.390. The van der Waals surface area contributed by atoms with E-state index in [9.17, 15) is 9.59 Å². The summed E-state index contributed by atoms with van der Waals surface area (Å²) < 4.78 is 5.06. The van der Waals surface area contributed by atoms with Crippen LogP contribution in [0.2, 0.25) is 0 Å². The van der Waals surface area contributed by atoms with Gasteiger partial charge in [0.1, 0.15) is 11.6 Å². The van der Waals surface area contributed by atoms with Crippen molar-refractivity contribution in [3.8, 4) is 6.07 Å². The lowest BCUT2D eigenvalue weighted by atomic mass is 9.99. The minimum absolute atomic E-state index is 0.0544. The Morgan fingerprint density at radius 1 is 1.67 bits per heavy atom. The molecule has 6 heteroatoms. The van der Waals surface area contributed by atoms with Crippen molar-refractivity contribution in [2.75, 3.05) is 6.54 Å².